The highest BCUT2D eigenvalue weighted by Gasteiger charge is 2.32. The number of hydrogen-bond donors (Lipinski definition) is 1. The maximum atomic E-state index is 14.2. The Hall–Kier alpha value is -3.85. The van der Waals surface area contributed by atoms with Crippen LogP contribution in [-0.4, -0.2) is 52.3 Å². The van der Waals surface area contributed by atoms with Gasteiger partial charge in [-0.05, 0) is 73.9 Å². The highest BCUT2D eigenvalue weighted by Crippen LogP contribution is 2.47. The summed E-state index contributed by atoms with van der Waals surface area (Å²) in [6.45, 7) is 10.6. The molecule has 0 amide bonds. The van der Waals surface area contributed by atoms with Gasteiger partial charge in [0.15, 0.2) is 5.65 Å². The van der Waals surface area contributed by atoms with Crippen LogP contribution in [0.1, 0.15) is 62.3 Å². The zero-order valence-corrected chi connectivity index (χ0v) is 23.7. The van der Waals surface area contributed by atoms with Crippen molar-refractivity contribution in [2.45, 2.75) is 58.4 Å². The Bertz CT molecular complexity index is 1660. The normalized spacial score (nSPS) is 17.6. The number of methoxy groups -OCH3 is 1. The molecule has 1 saturated heterocycles. The number of piperazine rings is 1. The van der Waals surface area contributed by atoms with Crippen LogP contribution in [0.2, 0.25) is 0 Å². The number of aromatic nitrogens is 4. The molecule has 2 aliphatic rings. The molecule has 9 heteroatoms. The molecule has 3 aromatic heterocycles. The van der Waals surface area contributed by atoms with Crippen molar-refractivity contribution in [2.75, 3.05) is 31.6 Å². The Balaban J connectivity index is 1.74. The van der Waals surface area contributed by atoms with Gasteiger partial charge in [0.1, 0.15) is 17.4 Å². The molecule has 8 nitrogen and oxygen atoms in total. The summed E-state index contributed by atoms with van der Waals surface area (Å²) >= 11 is 0. The van der Waals surface area contributed by atoms with E-state index in [2.05, 4.69) is 42.0 Å². The van der Waals surface area contributed by atoms with Crippen molar-refractivity contribution in [3.63, 3.8) is 0 Å². The van der Waals surface area contributed by atoms with Crippen LogP contribution in [0.4, 0.5) is 10.2 Å². The fourth-order valence-corrected chi connectivity index (χ4v) is 5.79. The third kappa shape index (κ3) is 4.52. The van der Waals surface area contributed by atoms with Gasteiger partial charge >= 0.3 is 5.69 Å². The molecule has 208 valence electrons. The van der Waals surface area contributed by atoms with Crippen LogP contribution < -0.4 is 20.6 Å². The molecule has 0 spiro atoms. The lowest BCUT2D eigenvalue weighted by atomic mass is 9.99. The number of hydrogen-bond acceptors (Lipinski definition) is 7. The van der Waals surface area contributed by atoms with E-state index in [0.29, 0.717) is 40.1 Å². The molecule has 0 unspecified atom stereocenters. The minimum Gasteiger partial charge on any atom is -0.496 e. The summed E-state index contributed by atoms with van der Waals surface area (Å²) in [4.78, 5) is 30.9. The van der Waals surface area contributed by atoms with E-state index in [-0.39, 0.29) is 17.8 Å². The lowest BCUT2D eigenvalue weighted by molar-refractivity contribution is 0.413. The summed E-state index contributed by atoms with van der Waals surface area (Å²) in [5.74, 6) is 1.10. The number of pyridine rings is 2. The molecule has 0 radical (unpaired) electrons. The minimum absolute atomic E-state index is 0.0760. The van der Waals surface area contributed by atoms with E-state index < -0.39 is 5.69 Å². The average Bonchev–Trinajstić information content (AvgIpc) is 3.78. The van der Waals surface area contributed by atoms with E-state index in [1.165, 1.54) is 19.2 Å². The smallest absolute Gasteiger partial charge is 0.355 e. The Morgan fingerprint density at radius 3 is 2.65 bits per heavy atom. The minimum atomic E-state index is -0.394. The van der Waals surface area contributed by atoms with Gasteiger partial charge in [-0.25, -0.2) is 18.7 Å². The fourth-order valence-electron chi connectivity index (χ4n) is 5.79. The highest BCUT2D eigenvalue weighted by atomic mass is 19.1. The van der Waals surface area contributed by atoms with Gasteiger partial charge in [0, 0.05) is 43.5 Å². The molecule has 4 aromatic rings. The van der Waals surface area contributed by atoms with Gasteiger partial charge in [-0.2, -0.15) is 4.98 Å². The SMILES string of the molecule is COc1cc(F)ccc1-c1nc2c(cc1C1CC1)c(N1CCNC[C@@H]1C)nc(=O)n2-c1c(C)ccnc1C(C)C. The van der Waals surface area contributed by atoms with E-state index in [4.69, 9.17) is 14.7 Å². The van der Waals surface area contributed by atoms with Crippen LogP contribution in [0.5, 0.6) is 5.75 Å². The number of aryl methyl sites for hydroxylation is 1. The van der Waals surface area contributed by atoms with Crippen molar-refractivity contribution in [3.05, 3.63) is 69.7 Å². The molecule has 40 heavy (non-hydrogen) atoms. The highest BCUT2D eigenvalue weighted by molar-refractivity contribution is 5.92. The summed E-state index contributed by atoms with van der Waals surface area (Å²) in [5, 5.41) is 4.26. The second-order valence-electron chi connectivity index (χ2n) is 11.2. The number of fused-ring (bicyclic) bond motifs is 1. The summed E-state index contributed by atoms with van der Waals surface area (Å²) in [6.07, 6.45) is 3.88. The van der Waals surface area contributed by atoms with Gasteiger partial charge < -0.3 is 15.0 Å². The Kier molecular flexibility index (Phi) is 6.78. The number of nitrogens with one attached hydrogen (secondary N) is 1. The molecule has 1 aliphatic heterocycles. The number of rotatable bonds is 6. The predicted octanol–water partition coefficient (Wildman–Crippen LogP) is 5.10. The average molecular weight is 543 g/mol. The summed E-state index contributed by atoms with van der Waals surface area (Å²) in [5.41, 5.74) is 5.04. The third-order valence-electron chi connectivity index (χ3n) is 8.01. The molecule has 1 atom stereocenters. The predicted molar refractivity (Wildman–Crippen MR) is 155 cm³/mol. The zero-order valence-electron chi connectivity index (χ0n) is 23.7. The lowest BCUT2D eigenvalue weighted by Gasteiger charge is -2.35. The molecule has 0 bridgehead atoms. The van der Waals surface area contributed by atoms with Crippen LogP contribution >= 0.6 is 0 Å². The lowest BCUT2D eigenvalue weighted by Crippen LogP contribution is -2.50. The second kappa shape index (κ2) is 10.3. The first-order chi connectivity index (χ1) is 19.3. The largest absolute Gasteiger partial charge is 0.496 e. The van der Waals surface area contributed by atoms with Gasteiger partial charge in [0.25, 0.3) is 0 Å². The van der Waals surface area contributed by atoms with Gasteiger partial charge in [-0.3, -0.25) is 4.98 Å². The van der Waals surface area contributed by atoms with Crippen LogP contribution in [0.25, 0.3) is 28.0 Å². The molecule has 1 N–H and O–H groups in total. The fraction of sp³-hybridized carbons (Fsp3) is 0.419. The first kappa shape index (κ1) is 26.4. The van der Waals surface area contributed by atoms with E-state index >= 15 is 0 Å². The van der Waals surface area contributed by atoms with Crippen LogP contribution in [-0.2, 0) is 0 Å². The Labute approximate surface area is 233 Å². The van der Waals surface area contributed by atoms with Gasteiger partial charge in [-0.15, -0.1) is 0 Å². The Morgan fingerprint density at radius 2 is 1.95 bits per heavy atom. The quantitative estimate of drug-likeness (QED) is 0.363. The van der Waals surface area contributed by atoms with Crippen molar-refractivity contribution < 1.29 is 9.13 Å². The standard InChI is InChI=1S/C31H35FN6O2/c1-17(2)26-28(18(3)10-11-34-26)38-30-24(29(36-31(38)39)37-13-12-33-16-19(37)4)15-23(20-6-7-20)27(35-30)22-9-8-21(32)14-25(22)40-5/h8-11,14-15,17,19-20,33H,6-7,12-13,16H2,1-5H3/t19-/m0/s1. The summed E-state index contributed by atoms with van der Waals surface area (Å²) in [7, 11) is 1.54. The van der Waals surface area contributed by atoms with Crippen LogP contribution in [0, 0.1) is 12.7 Å². The molecule has 1 aromatic carbocycles. The van der Waals surface area contributed by atoms with Gasteiger partial charge in [-0.1, -0.05) is 13.8 Å². The van der Waals surface area contributed by atoms with E-state index in [1.54, 1.807) is 16.8 Å². The molecular weight excluding hydrogens is 507 g/mol. The Morgan fingerprint density at radius 1 is 1.15 bits per heavy atom. The summed E-state index contributed by atoms with van der Waals surface area (Å²) < 4.78 is 21.4. The van der Waals surface area contributed by atoms with Crippen molar-refractivity contribution in [2.24, 2.45) is 0 Å². The molecule has 2 fully saturated rings. The first-order valence-corrected chi connectivity index (χ1v) is 14.0. The number of halogens is 1. The number of nitrogens with zero attached hydrogens (tertiary/aromatic N) is 5. The molecule has 1 aliphatic carbocycles. The zero-order chi connectivity index (χ0) is 28.1. The van der Waals surface area contributed by atoms with E-state index in [9.17, 15) is 9.18 Å². The molecule has 6 rings (SSSR count). The molecule has 1 saturated carbocycles. The second-order valence-corrected chi connectivity index (χ2v) is 11.2. The number of anilines is 1. The van der Waals surface area contributed by atoms with Crippen molar-refractivity contribution in [3.8, 4) is 22.7 Å². The van der Waals surface area contributed by atoms with E-state index in [1.807, 2.05) is 13.0 Å². The maximum absolute atomic E-state index is 14.2. The third-order valence-corrected chi connectivity index (χ3v) is 8.01. The van der Waals surface area contributed by atoms with Crippen molar-refractivity contribution in [1.29, 1.82) is 0 Å². The van der Waals surface area contributed by atoms with Gasteiger partial charge in [0.05, 0.1) is 29.6 Å². The first-order valence-electron chi connectivity index (χ1n) is 14.0. The van der Waals surface area contributed by atoms with Crippen molar-refractivity contribution in [1.82, 2.24) is 24.8 Å². The maximum Gasteiger partial charge on any atom is 0.355 e. The molecular formula is C31H35FN6O2. The summed E-state index contributed by atoms with van der Waals surface area (Å²) in [6, 6.07) is 8.75. The van der Waals surface area contributed by atoms with Crippen LogP contribution in [0.3, 0.4) is 0 Å². The number of benzene rings is 1. The van der Waals surface area contributed by atoms with Crippen LogP contribution in [0.15, 0.2) is 41.3 Å². The monoisotopic (exact) mass is 542 g/mol. The topological polar surface area (TPSA) is 85.2 Å². The number of ether oxygens (including phenoxy) is 1. The van der Waals surface area contributed by atoms with Crippen molar-refractivity contribution >= 4 is 16.9 Å². The van der Waals surface area contributed by atoms with E-state index in [0.717, 1.165) is 54.7 Å². The van der Waals surface area contributed by atoms with Gasteiger partial charge in [0.2, 0.25) is 0 Å². The molecule has 4 heterocycles.